The zero-order valence-corrected chi connectivity index (χ0v) is 12.4. The Kier molecular flexibility index (Phi) is 4.18. The summed E-state index contributed by atoms with van der Waals surface area (Å²) < 4.78 is 11.5. The van der Waals surface area contributed by atoms with Crippen molar-refractivity contribution in [1.82, 2.24) is 0 Å². The highest BCUT2D eigenvalue weighted by molar-refractivity contribution is 6.03. The highest BCUT2D eigenvalue weighted by atomic mass is 17.1. The fourth-order valence-electron chi connectivity index (χ4n) is 2.49. The van der Waals surface area contributed by atoms with Gasteiger partial charge in [0.15, 0.2) is 5.78 Å². The lowest BCUT2D eigenvalue weighted by molar-refractivity contribution is -0.253. The zero-order valence-electron chi connectivity index (χ0n) is 12.4. The number of hydrogen-bond acceptors (Lipinski definition) is 6. The van der Waals surface area contributed by atoms with Gasteiger partial charge in [0.05, 0.1) is 5.92 Å². The van der Waals surface area contributed by atoms with Crippen molar-refractivity contribution in [3.05, 3.63) is 53.6 Å². The maximum Gasteiger partial charge on any atom is 0.250 e. The van der Waals surface area contributed by atoms with E-state index in [4.69, 9.17) is 14.7 Å². The Balaban J connectivity index is 1.92. The normalized spacial score (nSPS) is 19.8. The van der Waals surface area contributed by atoms with Gasteiger partial charge in [0.2, 0.25) is 0 Å². The van der Waals surface area contributed by atoms with Crippen LogP contribution in [0.4, 0.5) is 0 Å². The van der Waals surface area contributed by atoms with Crippen LogP contribution in [0.15, 0.2) is 42.5 Å². The first kappa shape index (κ1) is 15.3. The molecule has 0 amide bonds. The molecule has 23 heavy (non-hydrogen) atoms. The number of para-hydroxylation sites is 1. The van der Waals surface area contributed by atoms with Gasteiger partial charge in [-0.1, -0.05) is 18.2 Å². The summed E-state index contributed by atoms with van der Waals surface area (Å²) in [6.07, 6.45) is -0.804. The number of rotatable bonds is 4. The van der Waals surface area contributed by atoms with Crippen LogP contribution in [0, 0.1) is 5.92 Å². The number of Topliss-reactive ketones (excluding diaryl/α,β-unsaturated/α-hetero) is 1. The molecule has 2 atom stereocenters. The maximum absolute atomic E-state index is 12.5. The van der Waals surface area contributed by atoms with Crippen molar-refractivity contribution in [1.29, 1.82) is 0 Å². The zero-order chi connectivity index (χ0) is 16.4. The Morgan fingerprint density at radius 1 is 1.22 bits per heavy atom. The number of aromatic hydroxyl groups is 1. The van der Waals surface area contributed by atoms with E-state index in [1.54, 1.807) is 19.1 Å². The number of carbonyl (C=O) groups excluding carboxylic acids is 1. The number of ketones is 1. The number of phenolic OH excluding ortho intramolecular Hbond substituents is 1. The van der Waals surface area contributed by atoms with E-state index in [1.807, 2.05) is 18.2 Å². The molecule has 0 aromatic heterocycles. The van der Waals surface area contributed by atoms with Gasteiger partial charge in [-0.05, 0) is 36.8 Å². The minimum atomic E-state index is -0.804. The Morgan fingerprint density at radius 3 is 2.65 bits per heavy atom. The predicted molar refractivity (Wildman–Crippen MR) is 80.5 cm³/mol. The van der Waals surface area contributed by atoms with Gasteiger partial charge in [-0.25, -0.2) is 4.89 Å². The van der Waals surface area contributed by atoms with Crippen molar-refractivity contribution < 1.29 is 29.5 Å². The lowest BCUT2D eigenvalue weighted by Gasteiger charge is -2.31. The number of hydrogen-bond donors (Lipinski definition) is 2. The van der Waals surface area contributed by atoms with Crippen molar-refractivity contribution >= 4 is 5.78 Å². The van der Waals surface area contributed by atoms with Crippen LogP contribution in [0.5, 0.6) is 17.2 Å². The third-order valence-electron chi connectivity index (χ3n) is 3.68. The van der Waals surface area contributed by atoms with Gasteiger partial charge in [0, 0.05) is 0 Å². The Labute approximate surface area is 132 Å². The molecule has 0 aliphatic carbocycles. The lowest BCUT2D eigenvalue weighted by Crippen LogP contribution is -2.40. The first-order valence-electron chi connectivity index (χ1n) is 7.15. The molecule has 1 heterocycles. The first-order valence-corrected chi connectivity index (χ1v) is 7.15. The predicted octanol–water partition coefficient (Wildman–Crippen LogP) is 3.00. The van der Waals surface area contributed by atoms with Gasteiger partial charge in [-0.3, -0.25) is 10.1 Å². The van der Waals surface area contributed by atoms with Crippen LogP contribution < -0.4 is 9.47 Å². The van der Waals surface area contributed by atoms with Gasteiger partial charge in [0.25, 0.3) is 6.29 Å². The molecule has 1 aliphatic heterocycles. The van der Waals surface area contributed by atoms with Crippen LogP contribution in [0.25, 0.3) is 0 Å². The minimum absolute atomic E-state index is 0.118. The van der Waals surface area contributed by atoms with Crippen molar-refractivity contribution in [3.8, 4) is 17.2 Å². The second kappa shape index (κ2) is 6.28. The van der Waals surface area contributed by atoms with Gasteiger partial charge >= 0.3 is 0 Å². The molecular formula is C17H16O6. The number of phenols is 1. The summed E-state index contributed by atoms with van der Waals surface area (Å²) >= 11 is 0. The SMILES string of the molecule is CC1C(=O)c2c(O)cc(COO)cc2OC1Oc1ccccc1. The van der Waals surface area contributed by atoms with Gasteiger partial charge in [-0.15, -0.1) is 0 Å². The monoisotopic (exact) mass is 316 g/mol. The number of fused-ring (bicyclic) bond motifs is 1. The highest BCUT2D eigenvalue weighted by Gasteiger charge is 2.37. The third-order valence-corrected chi connectivity index (χ3v) is 3.68. The molecule has 120 valence electrons. The molecule has 0 bridgehead atoms. The fraction of sp³-hybridized carbons (Fsp3) is 0.235. The molecule has 0 fully saturated rings. The molecule has 2 N–H and O–H groups in total. The van der Waals surface area contributed by atoms with E-state index in [9.17, 15) is 9.90 Å². The van der Waals surface area contributed by atoms with Gasteiger partial charge in [0.1, 0.15) is 29.4 Å². The Morgan fingerprint density at radius 2 is 1.96 bits per heavy atom. The molecule has 3 rings (SSSR count). The second-order valence-electron chi connectivity index (χ2n) is 5.33. The topological polar surface area (TPSA) is 85.2 Å². The van der Waals surface area contributed by atoms with Crippen molar-refractivity contribution in [3.63, 3.8) is 0 Å². The molecule has 0 saturated carbocycles. The average Bonchev–Trinajstić information content (AvgIpc) is 2.53. The number of carbonyl (C=O) groups is 1. The van der Waals surface area contributed by atoms with Crippen LogP contribution in [0.1, 0.15) is 22.8 Å². The summed E-state index contributed by atoms with van der Waals surface area (Å²) in [5.74, 6) is -0.250. The maximum atomic E-state index is 12.5. The first-order chi connectivity index (χ1) is 11.1. The standard InChI is InChI=1S/C17H16O6/c1-10-16(19)15-13(18)7-11(9-21-20)8-14(15)23-17(10)22-12-5-3-2-4-6-12/h2-8,10,17-18,20H,9H2,1H3. The molecule has 2 unspecified atom stereocenters. The largest absolute Gasteiger partial charge is 0.507 e. The number of ether oxygens (including phenoxy) is 2. The second-order valence-corrected chi connectivity index (χ2v) is 5.33. The molecule has 0 radical (unpaired) electrons. The summed E-state index contributed by atoms with van der Waals surface area (Å²) in [5.41, 5.74) is 0.594. The molecule has 0 saturated heterocycles. The third kappa shape index (κ3) is 2.99. The molecular weight excluding hydrogens is 300 g/mol. The Hall–Kier alpha value is -2.57. The fourth-order valence-corrected chi connectivity index (χ4v) is 2.49. The molecule has 2 aromatic carbocycles. The van der Waals surface area contributed by atoms with Gasteiger partial charge in [-0.2, -0.15) is 0 Å². The van der Waals surface area contributed by atoms with E-state index >= 15 is 0 Å². The molecule has 2 aromatic rings. The van der Waals surface area contributed by atoms with Crippen LogP contribution in [-0.4, -0.2) is 22.4 Å². The summed E-state index contributed by atoms with van der Waals surface area (Å²) in [6, 6.07) is 11.9. The van der Waals surface area contributed by atoms with E-state index < -0.39 is 12.2 Å². The van der Waals surface area contributed by atoms with E-state index in [1.165, 1.54) is 12.1 Å². The summed E-state index contributed by atoms with van der Waals surface area (Å²) in [6.45, 7) is 1.56. The summed E-state index contributed by atoms with van der Waals surface area (Å²) in [4.78, 5) is 16.6. The summed E-state index contributed by atoms with van der Waals surface area (Å²) in [5, 5.41) is 18.6. The quantitative estimate of drug-likeness (QED) is 0.666. The minimum Gasteiger partial charge on any atom is -0.507 e. The van der Waals surface area contributed by atoms with Crippen molar-refractivity contribution in [2.75, 3.05) is 0 Å². The van der Waals surface area contributed by atoms with Crippen molar-refractivity contribution in [2.45, 2.75) is 19.8 Å². The van der Waals surface area contributed by atoms with Crippen LogP contribution in [0.3, 0.4) is 0 Å². The van der Waals surface area contributed by atoms with E-state index in [0.29, 0.717) is 11.3 Å². The number of benzene rings is 2. The molecule has 6 heteroatoms. The van der Waals surface area contributed by atoms with Crippen LogP contribution >= 0.6 is 0 Å². The van der Waals surface area contributed by atoms with Crippen LogP contribution in [-0.2, 0) is 11.5 Å². The average molecular weight is 316 g/mol. The van der Waals surface area contributed by atoms with E-state index in [0.717, 1.165) is 0 Å². The molecule has 0 spiro atoms. The lowest BCUT2D eigenvalue weighted by atomic mass is 9.93. The van der Waals surface area contributed by atoms with E-state index in [-0.39, 0.29) is 29.5 Å². The Bertz CT molecular complexity index is 713. The summed E-state index contributed by atoms with van der Waals surface area (Å²) in [7, 11) is 0. The van der Waals surface area contributed by atoms with Gasteiger partial charge < -0.3 is 14.6 Å². The van der Waals surface area contributed by atoms with E-state index in [2.05, 4.69) is 4.89 Å². The highest BCUT2D eigenvalue weighted by Crippen LogP contribution is 2.38. The smallest absolute Gasteiger partial charge is 0.250 e. The van der Waals surface area contributed by atoms with Crippen LogP contribution in [0.2, 0.25) is 0 Å². The molecule has 6 nitrogen and oxygen atoms in total. The molecule has 1 aliphatic rings. The van der Waals surface area contributed by atoms with Crippen molar-refractivity contribution in [2.24, 2.45) is 5.92 Å².